The number of esters is 1. The third kappa shape index (κ3) is 3.77. The Morgan fingerprint density at radius 1 is 1.73 bits per heavy atom. The minimum Gasteiger partial charge on any atom is -0.464 e. The Morgan fingerprint density at radius 3 is 2.87 bits per heavy atom. The van der Waals surface area contributed by atoms with Crippen LogP contribution in [0.4, 0.5) is 4.39 Å². The molecule has 0 fully saturated rings. The highest BCUT2D eigenvalue weighted by molar-refractivity contribution is 7.10. The Bertz CT molecular complexity index is 294. The fraction of sp³-hybridized carbons (Fsp3) is 0.444. The van der Waals surface area contributed by atoms with Crippen molar-refractivity contribution in [3.63, 3.8) is 0 Å². The Labute approximate surface area is 97.8 Å². The van der Waals surface area contributed by atoms with Crippen molar-refractivity contribution in [3.05, 3.63) is 22.4 Å². The second kappa shape index (κ2) is 6.76. The topological polar surface area (TPSA) is 52.3 Å². The summed E-state index contributed by atoms with van der Waals surface area (Å²) in [6, 6.07) is 2.54. The summed E-state index contributed by atoms with van der Waals surface area (Å²) in [5.74, 6) is -0.895. The standard InChI is InChI=1S/C9H12FNO2S.ClH/c1-2-13-9(12)7(10)8(11)6-4-3-5-14-6;/h3-5,7-8H,2,11H2,1H3;1H/t7?,8-;/m0./s1. The summed E-state index contributed by atoms with van der Waals surface area (Å²) < 4.78 is 17.9. The van der Waals surface area contributed by atoms with Crippen LogP contribution in [0.15, 0.2) is 17.5 Å². The molecular weight excluding hydrogens is 241 g/mol. The summed E-state index contributed by atoms with van der Waals surface area (Å²) in [5.41, 5.74) is 5.55. The van der Waals surface area contributed by atoms with Crippen molar-refractivity contribution in [2.24, 2.45) is 5.73 Å². The van der Waals surface area contributed by atoms with Crippen molar-refractivity contribution in [2.75, 3.05) is 6.61 Å². The lowest BCUT2D eigenvalue weighted by Crippen LogP contribution is -2.30. The third-order valence-corrected chi connectivity index (χ3v) is 2.67. The molecule has 1 aromatic heterocycles. The number of carbonyl (C=O) groups is 1. The summed E-state index contributed by atoms with van der Waals surface area (Å²) in [6.07, 6.45) is -1.78. The minimum absolute atomic E-state index is 0. The van der Waals surface area contributed by atoms with Crippen LogP contribution in [0.3, 0.4) is 0 Å². The quantitative estimate of drug-likeness (QED) is 0.836. The van der Waals surface area contributed by atoms with Crippen LogP contribution < -0.4 is 5.73 Å². The normalized spacial score (nSPS) is 13.8. The molecule has 2 N–H and O–H groups in total. The van der Waals surface area contributed by atoms with E-state index in [-0.39, 0.29) is 19.0 Å². The van der Waals surface area contributed by atoms with E-state index in [0.717, 1.165) is 0 Å². The summed E-state index contributed by atoms with van der Waals surface area (Å²) >= 11 is 1.32. The van der Waals surface area contributed by atoms with Gasteiger partial charge in [-0.15, -0.1) is 23.7 Å². The van der Waals surface area contributed by atoms with Crippen molar-refractivity contribution in [2.45, 2.75) is 19.1 Å². The van der Waals surface area contributed by atoms with Gasteiger partial charge in [0.1, 0.15) is 0 Å². The van der Waals surface area contributed by atoms with Gasteiger partial charge in [0.15, 0.2) is 0 Å². The Balaban J connectivity index is 0.00000196. The van der Waals surface area contributed by atoms with Crippen LogP contribution in [-0.4, -0.2) is 18.7 Å². The number of rotatable bonds is 4. The second-order valence-electron chi connectivity index (χ2n) is 2.70. The van der Waals surface area contributed by atoms with Crippen LogP contribution in [0.2, 0.25) is 0 Å². The van der Waals surface area contributed by atoms with Gasteiger partial charge in [-0.1, -0.05) is 6.07 Å². The van der Waals surface area contributed by atoms with Gasteiger partial charge in [0, 0.05) is 4.88 Å². The fourth-order valence-electron chi connectivity index (χ4n) is 0.994. The lowest BCUT2D eigenvalue weighted by Gasteiger charge is -2.13. The number of alkyl halides is 1. The fourth-order valence-corrected chi connectivity index (χ4v) is 1.74. The van der Waals surface area contributed by atoms with Crippen molar-refractivity contribution in [3.8, 4) is 0 Å². The number of hydrogen-bond donors (Lipinski definition) is 1. The highest BCUT2D eigenvalue weighted by Crippen LogP contribution is 2.22. The zero-order valence-electron chi connectivity index (χ0n) is 8.18. The first-order valence-electron chi connectivity index (χ1n) is 4.26. The summed E-state index contributed by atoms with van der Waals surface area (Å²) in [4.78, 5) is 11.7. The molecule has 0 aliphatic rings. The van der Waals surface area contributed by atoms with Gasteiger partial charge in [-0.2, -0.15) is 0 Å². The maximum absolute atomic E-state index is 13.3. The molecule has 3 nitrogen and oxygen atoms in total. The van der Waals surface area contributed by atoms with Crippen LogP contribution in [-0.2, 0) is 9.53 Å². The van der Waals surface area contributed by atoms with Gasteiger partial charge in [0.2, 0.25) is 6.17 Å². The van der Waals surface area contributed by atoms with E-state index in [1.54, 1.807) is 24.4 Å². The highest BCUT2D eigenvalue weighted by Gasteiger charge is 2.28. The Morgan fingerprint density at radius 2 is 2.40 bits per heavy atom. The Hall–Kier alpha value is -0.650. The van der Waals surface area contributed by atoms with E-state index in [0.29, 0.717) is 4.88 Å². The zero-order valence-corrected chi connectivity index (χ0v) is 9.82. The van der Waals surface area contributed by atoms with Crippen LogP contribution >= 0.6 is 23.7 Å². The number of thiophene rings is 1. The van der Waals surface area contributed by atoms with E-state index in [9.17, 15) is 9.18 Å². The van der Waals surface area contributed by atoms with Crippen molar-refractivity contribution >= 4 is 29.7 Å². The molecule has 1 heterocycles. The molecule has 86 valence electrons. The highest BCUT2D eigenvalue weighted by atomic mass is 35.5. The average molecular weight is 254 g/mol. The molecule has 6 heteroatoms. The predicted octanol–water partition coefficient (Wildman–Crippen LogP) is 2.07. The molecule has 0 amide bonds. The molecule has 0 spiro atoms. The molecule has 2 atom stereocenters. The molecule has 1 unspecified atom stereocenters. The molecule has 1 aromatic rings. The summed E-state index contributed by atoms with van der Waals surface area (Å²) in [6.45, 7) is 1.79. The van der Waals surface area contributed by atoms with Crippen LogP contribution in [0.1, 0.15) is 17.8 Å². The lowest BCUT2D eigenvalue weighted by molar-refractivity contribution is -0.149. The molecule has 0 bridgehead atoms. The van der Waals surface area contributed by atoms with E-state index in [4.69, 9.17) is 5.73 Å². The number of hydrogen-bond acceptors (Lipinski definition) is 4. The number of ether oxygens (including phenoxy) is 1. The molecular formula is C9H13ClFNO2S. The number of carbonyl (C=O) groups excluding carboxylic acids is 1. The first-order chi connectivity index (χ1) is 6.66. The van der Waals surface area contributed by atoms with Gasteiger partial charge < -0.3 is 10.5 Å². The summed E-state index contributed by atoms with van der Waals surface area (Å²) in [7, 11) is 0. The average Bonchev–Trinajstić information content (AvgIpc) is 2.68. The van der Waals surface area contributed by atoms with E-state index in [1.807, 2.05) is 0 Å². The maximum atomic E-state index is 13.3. The van der Waals surface area contributed by atoms with Crippen LogP contribution in [0.25, 0.3) is 0 Å². The van der Waals surface area contributed by atoms with E-state index < -0.39 is 18.2 Å². The first-order valence-corrected chi connectivity index (χ1v) is 5.14. The number of nitrogens with two attached hydrogens (primary N) is 1. The Kier molecular flexibility index (Phi) is 6.47. The van der Waals surface area contributed by atoms with Gasteiger partial charge in [-0.3, -0.25) is 0 Å². The van der Waals surface area contributed by atoms with Crippen molar-refractivity contribution < 1.29 is 13.9 Å². The molecule has 0 aliphatic carbocycles. The maximum Gasteiger partial charge on any atom is 0.342 e. The second-order valence-corrected chi connectivity index (χ2v) is 3.67. The van der Waals surface area contributed by atoms with E-state index >= 15 is 0 Å². The smallest absolute Gasteiger partial charge is 0.342 e. The molecule has 0 saturated carbocycles. The monoisotopic (exact) mass is 253 g/mol. The SMILES string of the molecule is CCOC(=O)C(F)[C@@H](N)c1cccs1.Cl. The van der Waals surface area contributed by atoms with Crippen molar-refractivity contribution in [1.82, 2.24) is 0 Å². The van der Waals surface area contributed by atoms with E-state index in [1.165, 1.54) is 11.3 Å². The molecule has 15 heavy (non-hydrogen) atoms. The van der Waals surface area contributed by atoms with Gasteiger partial charge >= 0.3 is 5.97 Å². The zero-order chi connectivity index (χ0) is 10.6. The predicted molar refractivity (Wildman–Crippen MR) is 60.0 cm³/mol. The largest absolute Gasteiger partial charge is 0.464 e. The first kappa shape index (κ1) is 14.3. The molecule has 0 aliphatic heterocycles. The van der Waals surface area contributed by atoms with Gasteiger partial charge in [0.25, 0.3) is 0 Å². The van der Waals surface area contributed by atoms with Gasteiger partial charge in [-0.25, -0.2) is 9.18 Å². The van der Waals surface area contributed by atoms with Gasteiger partial charge in [-0.05, 0) is 18.4 Å². The molecule has 0 saturated heterocycles. The third-order valence-electron chi connectivity index (χ3n) is 1.70. The summed E-state index contributed by atoms with van der Waals surface area (Å²) in [5, 5.41) is 1.78. The van der Waals surface area contributed by atoms with E-state index in [2.05, 4.69) is 4.74 Å². The molecule has 0 radical (unpaired) electrons. The van der Waals surface area contributed by atoms with Crippen molar-refractivity contribution in [1.29, 1.82) is 0 Å². The lowest BCUT2D eigenvalue weighted by atomic mass is 10.1. The van der Waals surface area contributed by atoms with Crippen LogP contribution in [0.5, 0.6) is 0 Å². The number of halogens is 2. The minimum atomic E-state index is -1.78. The molecule has 1 rings (SSSR count). The van der Waals surface area contributed by atoms with Gasteiger partial charge in [0.05, 0.1) is 12.6 Å². The van der Waals surface area contributed by atoms with Crippen LogP contribution in [0, 0.1) is 0 Å². The molecule has 0 aromatic carbocycles.